The first-order chi connectivity index (χ1) is 5.65. The molecule has 1 N–H and O–H groups in total. The molecule has 1 aliphatic heterocycles. The van der Waals surface area contributed by atoms with Gasteiger partial charge in [0, 0.05) is 6.04 Å². The first-order valence-electron chi connectivity index (χ1n) is 4.17. The van der Waals surface area contributed by atoms with Crippen molar-refractivity contribution in [3.63, 3.8) is 0 Å². The Labute approximate surface area is 72.1 Å². The molecule has 4 nitrogen and oxygen atoms in total. The minimum atomic E-state index is -0.389. The van der Waals surface area contributed by atoms with Crippen LogP contribution in [-0.2, 0) is 4.74 Å². The van der Waals surface area contributed by atoms with Crippen LogP contribution in [0.4, 0.5) is 4.79 Å². The van der Waals surface area contributed by atoms with E-state index in [9.17, 15) is 9.90 Å². The number of carbonyl (C=O) groups excluding carboxylic acids is 1. The Morgan fingerprint density at radius 3 is 2.83 bits per heavy atom. The van der Waals surface area contributed by atoms with Gasteiger partial charge in [-0.2, -0.15) is 0 Å². The maximum absolute atomic E-state index is 11.1. The minimum absolute atomic E-state index is 0.181. The second-order valence-electron chi connectivity index (χ2n) is 3.20. The lowest BCUT2D eigenvalue weighted by Gasteiger charge is -2.34. The van der Waals surface area contributed by atoms with E-state index in [2.05, 4.69) is 4.74 Å². The predicted molar refractivity (Wildman–Crippen MR) is 43.8 cm³/mol. The summed E-state index contributed by atoms with van der Waals surface area (Å²) in [5.74, 6) is 0. The van der Waals surface area contributed by atoms with E-state index in [4.69, 9.17) is 0 Å². The van der Waals surface area contributed by atoms with Gasteiger partial charge >= 0.3 is 6.09 Å². The Balaban J connectivity index is 2.54. The van der Waals surface area contributed by atoms with E-state index in [0.717, 1.165) is 12.8 Å². The first-order valence-corrected chi connectivity index (χ1v) is 4.17. The first kappa shape index (κ1) is 9.32. The van der Waals surface area contributed by atoms with Crippen molar-refractivity contribution in [1.82, 2.24) is 4.90 Å². The molecule has 0 aromatic heterocycles. The molecule has 0 unspecified atom stereocenters. The lowest BCUT2D eigenvalue weighted by atomic mass is 10.0. The molecule has 0 radical (unpaired) electrons. The molecule has 4 heteroatoms. The van der Waals surface area contributed by atoms with Gasteiger partial charge in [-0.1, -0.05) is 0 Å². The van der Waals surface area contributed by atoms with Gasteiger partial charge < -0.3 is 14.7 Å². The molecule has 0 aromatic rings. The molecule has 12 heavy (non-hydrogen) atoms. The molecule has 1 fully saturated rings. The highest BCUT2D eigenvalue weighted by molar-refractivity contribution is 5.67. The zero-order valence-corrected chi connectivity index (χ0v) is 7.49. The van der Waals surface area contributed by atoms with Crippen LogP contribution >= 0.6 is 0 Å². The van der Waals surface area contributed by atoms with E-state index in [-0.39, 0.29) is 18.2 Å². The molecule has 1 amide bonds. The third-order valence-electron chi connectivity index (χ3n) is 2.27. The number of hydrogen-bond donors (Lipinski definition) is 1. The fourth-order valence-corrected chi connectivity index (χ4v) is 1.46. The monoisotopic (exact) mass is 173 g/mol. The van der Waals surface area contributed by atoms with Gasteiger partial charge in [0.1, 0.15) is 0 Å². The normalized spacial score (nSPS) is 30.1. The van der Waals surface area contributed by atoms with E-state index in [0.29, 0.717) is 6.54 Å². The third kappa shape index (κ3) is 1.88. The number of rotatable bonds is 0. The molecule has 1 heterocycles. The number of carbonyl (C=O) groups is 1. The number of likely N-dealkylation sites (tertiary alicyclic amines) is 1. The summed E-state index contributed by atoms with van der Waals surface area (Å²) in [6.45, 7) is 2.36. The number of nitrogens with zero attached hydrogens (tertiary/aromatic N) is 1. The SMILES string of the molecule is COC(=O)N1C[C@@H](O)CC[C@@H]1C. The lowest BCUT2D eigenvalue weighted by Crippen LogP contribution is -2.47. The Bertz CT molecular complexity index is 172. The highest BCUT2D eigenvalue weighted by Crippen LogP contribution is 2.17. The van der Waals surface area contributed by atoms with Crippen molar-refractivity contribution in [3.05, 3.63) is 0 Å². The van der Waals surface area contributed by atoms with Gasteiger partial charge in [-0.05, 0) is 19.8 Å². The molecule has 0 aromatic carbocycles. The fraction of sp³-hybridized carbons (Fsp3) is 0.875. The number of methoxy groups -OCH3 is 1. The molecule has 1 saturated heterocycles. The molecule has 0 spiro atoms. The molecule has 2 atom stereocenters. The quantitative estimate of drug-likeness (QED) is 0.583. The van der Waals surface area contributed by atoms with Crippen LogP contribution in [0.15, 0.2) is 0 Å². The average molecular weight is 173 g/mol. The number of hydrogen-bond acceptors (Lipinski definition) is 3. The van der Waals surface area contributed by atoms with E-state index < -0.39 is 0 Å². The van der Waals surface area contributed by atoms with Crippen LogP contribution in [0, 0.1) is 0 Å². The summed E-state index contributed by atoms with van der Waals surface area (Å²) < 4.78 is 4.58. The summed E-state index contributed by atoms with van der Waals surface area (Å²) >= 11 is 0. The van der Waals surface area contributed by atoms with Crippen molar-refractivity contribution in [2.24, 2.45) is 0 Å². The third-order valence-corrected chi connectivity index (χ3v) is 2.27. The average Bonchev–Trinajstić information content (AvgIpc) is 2.08. The van der Waals surface area contributed by atoms with Crippen molar-refractivity contribution in [3.8, 4) is 0 Å². The van der Waals surface area contributed by atoms with Gasteiger partial charge in [-0.25, -0.2) is 4.79 Å². The highest BCUT2D eigenvalue weighted by Gasteiger charge is 2.28. The van der Waals surface area contributed by atoms with Crippen LogP contribution < -0.4 is 0 Å². The van der Waals surface area contributed by atoms with Crippen LogP contribution in [0.3, 0.4) is 0 Å². The second-order valence-corrected chi connectivity index (χ2v) is 3.20. The maximum Gasteiger partial charge on any atom is 0.409 e. The molecule has 1 rings (SSSR count). The molecule has 0 saturated carbocycles. The molecule has 70 valence electrons. The number of β-amino-alcohol motifs (C(OH)–C–C–N with tert-alkyl or cyclic N) is 1. The zero-order chi connectivity index (χ0) is 9.14. The number of aliphatic hydroxyl groups excluding tert-OH is 1. The standard InChI is InChI=1S/C8H15NO3/c1-6-3-4-7(10)5-9(6)8(11)12-2/h6-7,10H,3-5H2,1-2H3/t6-,7-/m0/s1. The minimum Gasteiger partial charge on any atom is -0.453 e. The molecular weight excluding hydrogens is 158 g/mol. The topological polar surface area (TPSA) is 49.8 Å². The summed E-state index contributed by atoms with van der Waals surface area (Å²) in [6.07, 6.45) is 0.881. The van der Waals surface area contributed by atoms with E-state index >= 15 is 0 Å². The Hall–Kier alpha value is -0.770. The van der Waals surface area contributed by atoms with E-state index in [1.54, 1.807) is 4.90 Å². The molecular formula is C8H15NO3. The van der Waals surface area contributed by atoms with Gasteiger partial charge in [-0.3, -0.25) is 0 Å². The number of ether oxygens (including phenoxy) is 1. The Morgan fingerprint density at radius 1 is 1.58 bits per heavy atom. The van der Waals surface area contributed by atoms with Crippen LogP contribution in [0.5, 0.6) is 0 Å². The van der Waals surface area contributed by atoms with Gasteiger partial charge in [-0.15, -0.1) is 0 Å². The largest absolute Gasteiger partial charge is 0.453 e. The second kappa shape index (κ2) is 3.76. The highest BCUT2D eigenvalue weighted by atomic mass is 16.5. The van der Waals surface area contributed by atoms with Gasteiger partial charge in [0.15, 0.2) is 0 Å². The van der Waals surface area contributed by atoms with Gasteiger partial charge in [0.2, 0.25) is 0 Å². The van der Waals surface area contributed by atoms with Crippen molar-refractivity contribution in [1.29, 1.82) is 0 Å². The van der Waals surface area contributed by atoms with Crippen molar-refractivity contribution < 1.29 is 14.6 Å². The van der Waals surface area contributed by atoms with Crippen LogP contribution in [-0.4, -0.2) is 41.9 Å². The molecule has 0 aliphatic carbocycles. The lowest BCUT2D eigenvalue weighted by molar-refractivity contribution is 0.0350. The Morgan fingerprint density at radius 2 is 2.25 bits per heavy atom. The predicted octanol–water partition coefficient (Wildman–Crippen LogP) is 0.598. The maximum atomic E-state index is 11.1. The van der Waals surface area contributed by atoms with E-state index in [1.165, 1.54) is 7.11 Å². The summed E-state index contributed by atoms with van der Waals surface area (Å²) in [5.41, 5.74) is 0. The fourth-order valence-electron chi connectivity index (χ4n) is 1.46. The van der Waals surface area contributed by atoms with E-state index in [1.807, 2.05) is 6.92 Å². The summed E-state index contributed by atoms with van der Waals surface area (Å²) in [6, 6.07) is 0.181. The van der Waals surface area contributed by atoms with Crippen LogP contribution in [0.1, 0.15) is 19.8 Å². The van der Waals surface area contributed by atoms with Crippen molar-refractivity contribution in [2.75, 3.05) is 13.7 Å². The smallest absolute Gasteiger partial charge is 0.409 e. The Kier molecular flexibility index (Phi) is 2.92. The summed E-state index contributed by atoms with van der Waals surface area (Å²) in [7, 11) is 1.36. The summed E-state index contributed by atoms with van der Waals surface area (Å²) in [4.78, 5) is 12.7. The number of aliphatic hydroxyl groups is 1. The molecule has 0 bridgehead atoms. The number of piperidine rings is 1. The van der Waals surface area contributed by atoms with Crippen molar-refractivity contribution in [2.45, 2.75) is 31.9 Å². The van der Waals surface area contributed by atoms with Gasteiger partial charge in [0.25, 0.3) is 0 Å². The summed E-state index contributed by atoms with van der Waals surface area (Å²) in [5, 5.41) is 9.29. The van der Waals surface area contributed by atoms with Crippen LogP contribution in [0.2, 0.25) is 0 Å². The zero-order valence-electron chi connectivity index (χ0n) is 7.49. The number of amides is 1. The van der Waals surface area contributed by atoms with Crippen molar-refractivity contribution >= 4 is 6.09 Å². The van der Waals surface area contributed by atoms with Crippen LogP contribution in [0.25, 0.3) is 0 Å². The van der Waals surface area contributed by atoms with Gasteiger partial charge in [0.05, 0.1) is 19.8 Å². The molecule has 1 aliphatic rings.